The molecule has 0 spiro atoms. The Labute approximate surface area is 339 Å². The Hall–Kier alpha value is -9.20. The van der Waals surface area contributed by atoms with E-state index in [1.165, 1.54) is 0 Å². The predicted molar refractivity (Wildman–Crippen MR) is 230 cm³/mol. The van der Waals surface area contributed by atoms with Crippen molar-refractivity contribution in [2.24, 2.45) is 0 Å². The van der Waals surface area contributed by atoms with E-state index in [-0.39, 0.29) is 0 Å². The van der Waals surface area contributed by atoms with Gasteiger partial charge in [-0.15, -0.1) is 0 Å². The SMILES string of the molecule is [C-]#[N+]c1cc(C#N)cc(-c2ccc3c(c2)c2cc(-c4cc([N+]#[C-])cc([N+]#[C-])c4)ccc2n3-c2ccc(C#N)c(-c3nc(-c4ccccc4)nc(-c4ccccc4)n3)c2)c1. The minimum absolute atomic E-state index is 0.352. The Morgan fingerprint density at radius 1 is 0.441 bits per heavy atom. The molecule has 0 aliphatic heterocycles. The first kappa shape index (κ1) is 35.5. The van der Waals surface area contributed by atoms with Crippen molar-refractivity contribution in [2.75, 3.05) is 0 Å². The van der Waals surface area contributed by atoms with Gasteiger partial charge in [0.05, 0.1) is 48.5 Å². The van der Waals surface area contributed by atoms with Gasteiger partial charge >= 0.3 is 0 Å². The molecule has 9 aromatic rings. The molecule has 7 aromatic carbocycles. The van der Waals surface area contributed by atoms with Crippen LogP contribution in [0.4, 0.5) is 17.1 Å². The number of hydrogen-bond donors (Lipinski definition) is 0. The van der Waals surface area contributed by atoms with Crippen molar-refractivity contribution in [3.8, 4) is 74.2 Å². The fourth-order valence-corrected chi connectivity index (χ4v) is 7.34. The van der Waals surface area contributed by atoms with Gasteiger partial charge in [0.1, 0.15) is 0 Å². The molecule has 0 aliphatic rings. The summed E-state index contributed by atoms with van der Waals surface area (Å²) in [5.74, 6) is 1.31. The number of nitrogens with zero attached hydrogens (tertiary/aromatic N) is 9. The molecule has 0 radical (unpaired) electrons. The van der Waals surface area contributed by atoms with E-state index in [2.05, 4.69) is 43.4 Å². The molecular weight excluding hydrogens is 727 g/mol. The fraction of sp³-hybridized carbons (Fsp3) is 0. The lowest BCUT2D eigenvalue weighted by molar-refractivity contribution is 1.07. The number of rotatable bonds is 6. The van der Waals surface area contributed by atoms with Crippen LogP contribution in [-0.4, -0.2) is 19.5 Å². The fourth-order valence-electron chi connectivity index (χ4n) is 7.34. The van der Waals surface area contributed by atoms with Gasteiger partial charge in [0.25, 0.3) is 0 Å². The molecule has 0 unspecified atom stereocenters. The van der Waals surface area contributed by atoms with E-state index in [0.29, 0.717) is 51.2 Å². The van der Waals surface area contributed by atoms with Crippen LogP contribution in [0.25, 0.3) is 98.4 Å². The third kappa shape index (κ3) is 6.54. The molecule has 2 heterocycles. The van der Waals surface area contributed by atoms with E-state index in [4.69, 9.17) is 34.7 Å². The second kappa shape index (κ2) is 14.8. The molecular formula is C50H25N9. The Morgan fingerprint density at radius 3 is 1.46 bits per heavy atom. The average molecular weight is 752 g/mol. The topological polar surface area (TPSA) is 104 Å². The summed E-state index contributed by atoms with van der Waals surface area (Å²) in [6, 6.07) is 51.8. The first-order valence-electron chi connectivity index (χ1n) is 18.3. The summed E-state index contributed by atoms with van der Waals surface area (Å²) in [5.41, 5.74) is 9.67. The summed E-state index contributed by atoms with van der Waals surface area (Å²) in [6.07, 6.45) is 0. The van der Waals surface area contributed by atoms with Gasteiger partial charge in [-0.1, -0.05) is 91.0 Å². The van der Waals surface area contributed by atoms with Gasteiger partial charge in [0.2, 0.25) is 0 Å². The standard InChI is InChI=1S/C50H25N9/c1-53-39-21-31(29-51)20-37(22-39)34-15-18-46-44(25-34)45-26-35(38-23-40(54-2)27-41(24-38)55-3)16-19-47(45)59(46)42-17-14-36(30-52)43(28-42)50-57-48(32-10-6-4-7-11-32)56-49(58-50)33-12-8-5-9-13-33/h4-28H. The molecule has 2 aromatic heterocycles. The molecule has 0 N–H and O–H groups in total. The Balaban J connectivity index is 1.29. The van der Waals surface area contributed by atoms with Crippen LogP contribution < -0.4 is 0 Å². The highest BCUT2D eigenvalue weighted by atomic mass is 15.0. The Bertz CT molecular complexity index is 3130. The van der Waals surface area contributed by atoms with Crippen LogP contribution in [0.3, 0.4) is 0 Å². The molecule has 9 heteroatoms. The zero-order valence-corrected chi connectivity index (χ0v) is 31.0. The lowest BCUT2D eigenvalue weighted by atomic mass is 9.98. The zero-order chi connectivity index (χ0) is 40.5. The van der Waals surface area contributed by atoms with Crippen molar-refractivity contribution in [2.45, 2.75) is 0 Å². The first-order valence-corrected chi connectivity index (χ1v) is 18.3. The zero-order valence-electron chi connectivity index (χ0n) is 31.0. The van der Waals surface area contributed by atoms with Crippen LogP contribution in [0.2, 0.25) is 0 Å². The van der Waals surface area contributed by atoms with E-state index < -0.39 is 0 Å². The largest absolute Gasteiger partial charge is 0.309 e. The van der Waals surface area contributed by atoms with E-state index in [1.807, 2.05) is 97.1 Å². The van der Waals surface area contributed by atoms with Gasteiger partial charge in [-0.25, -0.2) is 29.5 Å². The van der Waals surface area contributed by atoms with Crippen LogP contribution in [0.15, 0.2) is 152 Å². The van der Waals surface area contributed by atoms with Crippen molar-refractivity contribution in [1.29, 1.82) is 10.5 Å². The smallest absolute Gasteiger partial charge is 0.189 e. The van der Waals surface area contributed by atoms with Crippen molar-refractivity contribution < 1.29 is 0 Å². The monoisotopic (exact) mass is 751 g/mol. The van der Waals surface area contributed by atoms with Gasteiger partial charge in [0, 0.05) is 38.7 Å². The maximum absolute atomic E-state index is 10.4. The quantitative estimate of drug-likeness (QED) is 0.157. The van der Waals surface area contributed by atoms with Gasteiger partial charge in [-0.2, -0.15) is 10.5 Å². The number of nitriles is 2. The van der Waals surface area contributed by atoms with E-state index in [9.17, 15) is 10.5 Å². The third-order valence-electron chi connectivity index (χ3n) is 10.1. The van der Waals surface area contributed by atoms with Gasteiger partial charge < -0.3 is 4.57 Å². The molecule has 0 fully saturated rings. The van der Waals surface area contributed by atoms with Crippen LogP contribution in [-0.2, 0) is 0 Å². The predicted octanol–water partition coefficient (Wildman–Crippen LogP) is 12.7. The summed E-state index contributed by atoms with van der Waals surface area (Å²) >= 11 is 0. The maximum Gasteiger partial charge on any atom is 0.189 e. The average Bonchev–Trinajstić information content (AvgIpc) is 3.64. The minimum Gasteiger partial charge on any atom is -0.309 e. The van der Waals surface area contributed by atoms with Crippen molar-refractivity contribution in [3.05, 3.63) is 197 Å². The summed E-state index contributed by atoms with van der Waals surface area (Å²) in [5, 5.41) is 22.0. The number of hydrogen-bond acceptors (Lipinski definition) is 5. The van der Waals surface area contributed by atoms with Crippen molar-refractivity contribution in [3.63, 3.8) is 0 Å². The molecule has 0 saturated carbocycles. The summed E-state index contributed by atoms with van der Waals surface area (Å²) in [7, 11) is 0. The molecule has 9 rings (SSSR count). The Morgan fingerprint density at radius 2 is 0.949 bits per heavy atom. The molecule has 270 valence electrons. The number of aromatic nitrogens is 4. The molecule has 0 aliphatic carbocycles. The molecule has 0 bridgehead atoms. The van der Waals surface area contributed by atoms with Gasteiger partial charge in [-0.3, -0.25) is 0 Å². The second-order valence-electron chi connectivity index (χ2n) is 13.6. The van der Waals surface area contributed by atoms with Crippen LogP contribution in [0.5, 0.6) is 0 Å². The highest BCUT2D eigenvalue weighted by Crippen LogP contribution is 2.40. The van der Waals surface area contributed by atoms with Crippen LogP contribution in [0, 0.1) is 42.4 Å². The highest BCUT2D eigenvalue weighted by molar-refractivity contribution is 6.12. The number of benzene rings is 7. The normalized spacial score (nSPS) is 10.6. The molecule has 59 heavy (non-hydrogen) atoms. The molecule has 0 amide bonds. The lowest BCUT2D eigenvalue weighted by Crippen LogP contribution is -2.02. The number of fused-ring (bicyclic) bond motifs is 3. The van der Waals surface area contributed by atoms with Gasteiger partial charge in [-0.05, 0) is 82.9 Å². The van der Waals surface area contributed by atoms with E-state index in [0.717, 1.165) is 60.9 Å². The first-order chi connectivity index (χ1) is 29.0. The van der Waals surface area contributed by atoms with Crippen molar-refractivity contribution >= 4 is 38.9 Å². The van der Waals surface area contributed by atoms with E-state index in [1.54, 1.807) is 42.5 Å². The van der Waals surface area contributed by atoms with Gasteiger partial charge in [0.15, 0.2) is 34.5 Å². The van der Waals surface area contributed by atoms with Crippen molar-refractivity contribution in [1.82, 2.24) is 19.5 Å². The molecule has 0 atom stereocenters. The van der Waals surface area contributed by atoms with Crippen LogP contribution in [0.1, 0.15) is 11.1 Å². The lowest BCUT2D eigenvalue weighted by Gasteiger charge is -2.13. The summed E-state index contributed by atoms with van der Waals surface area (Å²) < 4.78 is 2.12. The molecule has 0 saturated heterocycles. The third-order valence-corrected chi connectivity index (χ3v) is 10.1. The summed E-state index contributed by atoms with van der Waals surface area (Å²) in [4.78, 5) is 25.5. The minimum atomic E-state index is 0.352. The Kier molecular flexibility index (Phi) is 8.90. The second-order valence-corrected chi connectivity index (χ2v) is 13.6. The van der Waals surface area contributed by atoms with Crippen LogP contribution >= 0.6 is 0 Å². The van der Waals surface area contributed by atoms with E-state index >= 15 is 0 Å². The maximum atomic E-state index is 10.4. The molecule has 9 nitrogen and oxygen atoms in total. The highest BCUT2D eigenvalue weighted by Gasteiger charge is 2.20. The summed E-state index contributed by atoms with van der Waals surface area (Å²) in [6.45, 7) is 22.9.